The molecular formula is C11H17N. The molecule has 1 heteroatoms. The van der Waals surface area contributed by atoms with Gasteiger partial charge in [0.1, 0.15) is 0 Å². The van der Waals surface area contributed by atoms with E-state index in [-0.39, 0.29) is 0 Å². The number of unbranched alkanes of at least 4 members (excludes halogenated alkanes) is 2. The zero-order chi connectivity index (χ0) is 8.65. The Kier molecular flexibility index (Phi) is 4.47. The van der Waals surface area contributed by atoms with Crippen LogP contribution >= 0.6 is 0 Å². The Morgan fingerprint density at radius 2 is 1.67 bits per heavy atom. The van der Waals surface area contributed by atoms with Gasteiger partial charge in [0.05, 0.1) is 0 Å². The van der Waals surface area contributed by atoms with Crippen LogP contribution in [0.25, 0.3) is 0 Å². The quantitative estimate of drug-likeness (QED) is 0.662. The normalized spacial score (nSPS) is 10.1. The molecule has 12 heavy (non-hydrogen) atoms. The molecule has 66 valence electrons. The second kappa shape index (κ2) is 5.78. The van der Waals surface area contributed by atoms with Crippen molar-refractivity contribution in [3.8, 4) is 0 Å². The zero-order valence-corrected chi connectivity index (χ0v) is 7.50. The maximum atomic E-state index is 5.41. The van der Waals surface area contributed by atoms with Crippen LogP contribution in [0.1, 0.15) is 24.8 Å². The van der Waals surface area contributed by atoms with Crippen LogP contribution in [0.4, 0.5) is 0 Å². The van der Waals surface area contributed by atoms with Crippen molar-refractivity contribution in [2.24, 2.45) is 5.73 Å². The van der Waals surface area contributed by atoms with Gasteiger partial charge in [-0.05, 0) is 31.4 Å². The molecule has 0 spiro atoms. The van der Waals surface area contributed by atoms with E-state index >= 15 is 0 Å². The second-order valence-corrected chi connectivity index (χ2v) is 3.08. The van der Waals surface area contributed by atoms with Crippen molar-refractivity contribution in [1.82, 2.24) is 0 Å². The van der Waals surface area contributed by atoms with E-state index in [1.165, 1.54) is 24.8 Å². The van der Waals surface area contributed by atoms with Gasteiger partial charge in [-0.25, -0.2) is 0 Å². The average molecular weight is 163 g/mol. The van der Waals surface area contributed by atoms with Crippen LogP contribution in [-0.4, -0.2) is 6.54 Å². The van der Waals surface area contributed by atoms with Gasteiger partial charge in [0.2, 0.25) is 0 Å². The number of aryl methyl sites for hydroxylation is 1. The average Bonchev–Trinajstić information content (AvgIpc) is 2.14. The Morgan fingerprint density at radius 1 is 0.917 bits per heavy atom. The van der Waals surface area contributed by atoms with Crippen LogP contribution in [0.15, 0.2) is 30.3 Å². The number of hydrogen-bond acceptors (Lipinski definition) is 1. The van der Waals surface area contributed by atoms with Gasteiger partial charge in [-0.2, -0.15) is 0 Å². The van der Waals surface area contributed by atoms with E-state index in [9.17, 15) is 0 Å². The number of nitrogens with two attached hydrogens (primary N) is 1. The van der Waals surface area contributed by atoms with E-state index in [0.717, 1.165) is 13.0 Å². The summed E-state index contributed by atoms with van der Waals surface area (Å²) in [5, 5.41) is 0. The Bertz CT molecular complexity index is 193. The van der Waals surface area contributed by atoms with Crippen molar-refractivity contribution in [3.05, 3.63) is 35.9 Å². The highest BCUT2D eigenvalue weighted by atomic mass is 14.5. The molecule has 0 amide bonds. The molecule has 0 aliphatic carbocycles. The smallest absolute Gasteiger partial charge is 0.00773 e. The van der Waals surface area contributed by atoms with Gasteiger partial charge >= 0.3 is 0 Å². The van der Waals surface area contributed by atoms with Gasteiger partial charge in [0.15, 0.2) is 0 Å². The fraction of sp³-hybridized carbons (Fsp3) is 0.455. The third kappa shape index (κ3) is 3.54. The first-order valence-corrected chi connectivity index (χ1v) is 4.67. The Morgan fingerprint density at radius 3 is 2.33 bits per heavy atom. The summed E-state index contributed by atoms with van der Waals surface area (Å²) < 4.78 is 0. The molecule has 0 atom stereocenters. The molecule has 1 rings (SSSR count). The molecule has 0 radical (unpaired) electrons. The van der Waals surface area contributed by atoms with Crippen LogP contribution in [0.2, 0.25) is 0 Å². The highest BCUT2D eigenvalue weighted by Crippen LogP contribution is 2.05. The molecule has 0 unspecified atom stereocenters. The molecular weight excluding hydrogens is 146 g/mol. The summed E-state index contributed by atoms with van der Waals surface area (Å²) in [7, 11) is 0. The van der Waals surface area contributed by atoms with Crippen molar-refractivity contribution in [3.63, 3.8) is 0 Å². The second-order valence-electron chi connectivity index (χ2n) is 3.08. The van der Waals surface area contributed by atoms with Gasteiger partial charge in [0, 0.05) is 0 Å². The number of hydrogen-bond donors (Lipinski definition) is 1. The van der Waals surface area contributed by atoms with E-state index in [1.54, 1.807) is 0 Å². The molecule has 0 aliphatic rings. The highest BCUT2D eigenvalue weighted by molar-refractivity contribution is 5.14. The largest absolute Gasteiger partial charge is 0.330 e. The predicted octanol–water partition coefficient (Wildman–Crippen LogP) is 2.36. The molecule has 0 saturated carbocycles. The molecule has 0 fully saturated rings. The maximum Gasteiger partial charge on any atom is -0.00773 e. The monoisotopic (exact) mass is 163 g/mol. The van der Waals surface area contributed by atoms with Gasteiger partial charge < -0.3 is 5.73 Å². The minimum Gasteiger partial charge on any atom is -0.330 e. The third-order valence-electron chi connectivity index (χ3n) is 2.01. The standard InChI is InChI=1S/C11H17N/c12-10-6-2-5-9-11-7-3-1-4-8-11/h1,3-4,7-8H,2,5-6,9-10,12H2. The van der Waals surface area contributed by atoms with Crippen LogP contribution in [-0.2, 0) is 6.42 Å². The summed E-state index contributed by atoms with van der Waals surface area (Å²) in [5.41, 5.74) is 6.85. The van der Waals surface area contributed by atoms with Crippen LogP contribution in [0.5, 0.6) is 0 Å². The summed E-state index contributed by atoms with van der Waals surface area (Å²) in [6.07, 6.45) is 4.88. The minimum atomic E-state index is 0.828. The fourth-order valence-corrected chi connectivity index (χ4v) is 1.29. The molecule has 0 bridgehead atoms. The van der Waals surface area contributed by atoms with Gasteiger partial charge in [-0.15, -0.1) is 0 Å². The lowest BCUT2D eigenvalue weighted by molar-refractivity contribution is 0.686. The van der Waals surface area contributed by atoms with E-state index in [0.29, 0.717) is 0 Å². The minimum absolute atomic E-state index is 0.828. The molecule has 2 N–H and O–H groups in total. The van der Waals surface area contributed by atoms with E-state index in [1.807, 2.05) is 0 Å². The van der Waals surface area contributed by atoms with Gasteiger partial charge in [-0.3, -0.25) is 0 Å². The molecule has 1 nitrogen and oxygen atoms in total. The van der Waals surface area contributed by atoms with Crippen LogP contribution in [0.3, 0.4) is 0 Å². The molecule has 0 aliphatic heterocycles. The third-order valence-corrected chi connectivity index (χ3v) is 2.01. The highest BCUT2D eigenvalue weighted by Gasteiger charge is 1.90. The predicted molar refractivity (Wildman–Crippen MR) is 53.1 cm³/mol. The van der Waals surface area contributed by atoms with Crippen molar-refractivity contribution in [2.75, 3.05) is 6.54 Å². The SMILES string of the molecule is NCCCCCc1ccccc1. The van der Waals surface area contributed by atoms with E-state index in [2.05, 4.69) is 30.3 Å². The van der Waals surface area contributed by atoms with Crippen LogP contribution in [0, 0.1) is 0 Å². The molecule has 0 heterocycles. The molecule has 0 aromatic heterocycles. The number of benzene rings is 1. The lowest BCUT2D eigenvalue weighted by atomic mass is 10.1. The van der Waals surface area contributed by atoms with Crippen molar-refractivity contribution < 1.29 is 0 Å². The summed E-state index contributed by atoms with van der Waals surface area (Å²) >= 11 is 0. The summed E-state index contributed by atoms with van der Waals surface area (Å²) in [5.74, 6) is 0. The summed E-state index contributed by atoms with van der Waals surface area (Å²) in [4.78, 5) is 0. The Labute approximate surface area is 74.6 Å². The first-order chi connectivity index (χ1) is 5.93. The van der Waals surface area contributed by atoms with E-state index in [4.69, 9.17) is 5.73 Å². The first-order valence-electron chi connectivity index (χ1n) is 4.67. The lowest BCUT2D eigenvalue weighted by Gasteiger charge is -1.99. The topological polar surface area (TPSA) is 26.0 Å². The van der Waals surface area contributed by atoms with Crippen LogP contribution < -0.4 is 5.73 Å². The summed E-state index contributed by atoms with van der Waals surface area (Å²) in [6.45, 7) is 0.828. The fourth-order valence-electron chi connectivity index (χ4n) is 1.29. The summed E-state index contributed by atoms with van der Waals surface area (Å²) in [6, 6.07) is 10.6. The Hall–Kier alpha value is -0.820. The lowest BCUT2D eigenvalue weighted by Crippen LogP contribution is -1.98. The molecule has 0 saturated heterocycles. The van der Waals surface area contributed by atoms with Crippen molar-refractivity contribution in [2.45, 2.75) is 25.7 Å². The van der Waals surface area contributed by atoms with Crippen molar-refractivity contribution >= 4 is 0 Å². The molecule has 1 aromatic rings. The van der Waals surface area contributed by atoms with Crippen molar-refractivity contribution in [1.29, 1.82) is 0 Å². The first kappa shape index (κ1) is 9.27. The molecule has 1 aromatic carbocycles. The van der Waals surface area contributed by atoms with Gasteiger partial charge in [0.25, 0.3) is 0 Å². The van der Waals surface area contributed by atoms with Gasteiger partial charge in [-0.1, -0.05) is 36.8 Å². The maximum absolute atomic E-state index is 5.41. The Balaban J connectivity index is 2.16. The number of rotatable bonds is 5. The van der Waals surface area contributed by atoms with E-state index < -0.39 is 0 Å². The zero-order valence-electron chi connectivity index (χ0n) is 7.50.